The van der Waals surface area contributed by atoms with Crippen molar-refractivity contribution in [3.63, 3.8) is 0 Å². The van der Waals surface area contributed by atoms with Gasteiger partial charge in [-0.05, 0) is 35.0 Å². The van der Waals surface area contributed by atoms with Crippen LogP contribution >= 0.6 is 15.9 Å². The number of ether oxygens (including phenoxy) is 1. The van der Waals surface area contributed by atoms with Gasteiger partial charge in [-0.3, -0.25) is 0 Å². The monoisotopic (exact) mass is 319 g/mol. The average molecular weight is 320 g/mol. The molecule has 0 unspecified atom stereocenters. The molecule has 96 valence electrons. The van der Waals surface area contributed by atoms with Gasteiger partial charge in [-0.1, -0.05) is 0 Å². The van der Waals surface area contributed by atoms with Crippen molar-refractivity contribution in [3.8, 4) is 0 Å². The van der Waals surface area contributed by atoms with E-state index >= 15 is 0 Å². The van der Waals surface area contributed by atoms with Gasteiger partial charge in [0.15, 0.2) is 5.65 Å². The number of nitrogens with zero attached hydrogens (tertiary/aromatic N) is 3. The zero-order valence-electron chi connectivity index (χ0n) is 10.1. The number of halogens is 1. The van der Waals surface area contributed by atoms with Crippen LogP contribution in [-0.2, 0) is 4.74 Å². The summed E-state index contributed by atoms with van der Waals surface area (Å²) in [6.45, 7) is 2.14. The Morgan fingerprint density at radius 2 is 2.16 bits per heavy atom. The number of hydrogen-bond donors (Lipinski definition) is 0. The molecule has 0 radical (unpaired) electrons. The van der Waals surface area contributed by atoms with Crippen molar-refractivity contribution in [3.05, 3.63) is 40.8 Å². The van der Waals surface area contributed by atoms with Gasteiger partial charge in [0.25, 0.3) is 0 Å². The summed E-state index contributed by atoms with van der Waals surface area (Å²) >= 11 is 3.38. The molecular formula is C13H10BrN3O2. The van der Waals surface area contributed by atoms with Crippen molar-refractivity contribution in [2.75, 3.05) is 6.61 Å². The van der Waals surface area contributed by atoms with E-state index in [1.807, 2.05) is 10.5 Å². The molecule has 0 aromatic carbocycles. The first-order valence-corrected chi connectivity index (χ1v) is 6.58. The summed E-state index contributed by atoms with van der Waals surface area (Å²) in [6.07, 6.45) is 5.12. The predicted octanol–water partition coefficient (Wildman–Crippen LogP) is 2.82. The molecular weight excluding hydrogens is 310 g/mol. The third-order valence-corrected chi connectivity index (χ3v) is 3.19. The maximum Gasteiger partial charge on any atom is 0.339 e. The standard InChI is InChI=1S/C13H10BrN3O2/c1-2-19-13(18)8-3-10-6-16-12-11(17(10)7-8)4-9(14)5-15-12/h3-7H,2H2,1H3. The van der Waals surface area contributed by atoms with E-state index in [1.165, 1.54) is 0 Å². The normalized spacial score (nSPS) is 11.1. The van der Waals surface area contributed by atoms with Crippen LogP contribution in [0.25, 0.3) is 16.7 Å². The third-order valence-electron chi connectivity index (χ3n) is 2.75. The van der Waals surface area contributed by atoms with Gasteiger partial charge in [-0.2, -0.15) is 0 Å². The molecule has 3 aromatic heterocycles. The van der Waals surface area contributed by atoms with Crippen molar-refractivity contribution in [1.29, 1.82) is 0 Å². The fourth-order valence-corrected chi connectivity index (χ4v) is 2.26. The van der Waals surface area contributed by atoms with E-state index in [0.717, 1.165) is 15.5 Å². The Hall–Kier alpha value is -1.95. The summed E-state index contributed by atoms with van der Waals surface area (Å²) in [7, 11) is 0. The lowest BCUT2D eigenvalue weighted by molar-refractivity contribution is 0.0526. The lowest BCUT2D eigenvalue weighted by Gasteiger charge is -2.01. The highest BCUT2D eigenvalue weighted by Crippen LogP contribution is 2.19. The van der Waals surface area contributed by atoms with E-state index in [0.29, 0.717) is 17.8 Å². The second kappa shape index (κ2) is 4.62. The molecule has 19 heavy (non-hydrogen) atoms. The summed E-state index contributed by atoms with van der Waals surface area (Å²) in [6, 6.07) is 3.67. The quantitative estimate of drug-likeness (QED) is 0.681. The number of carbonyl (C=O) groups is 1. The van der Waals surface area contributed by atoms with Gasteiger partial charge in [0.2, 0.25) is 0 Å². The van der Waals surface area contributed by atoms with E-state index < -0.39 is 0 Å². The van der Waals surface area contributed by atoms with Crippen LogP contribution < -0.4 is 0 Å². The number of fused-ring (bicyclic) bond motifs is 3. The van der Waals surface area contributed by atoms with Gasteiger partial charge in [0, 0.05) is 16.9 Å². The molecule has 0 aliphatic rings. The highest BCUT2D eigenvalue weighted by molar-refractivity contribution is 9.10. The fraction of sp³-hybridized carbons (Fsp3) is 0.154. The third kappa shape index (κ3) is 2.08. The number of rotatable bonds is 2. The van der Waals surface area contributed by atoms with Crippen LogP contribution in [0.5, 0.6) is 0 Å². The molecule has 0 atom stereocenters. The maximum absolute atomic E-state index is 11.7. The van der Waals surface area contributed by atoms with Gasteiger partial charge < -0.3 is 9.14 Å². The van der Waals surface area contributed by atoms with Crippen LogP contribution in [0, 0.1) is 0 Å². The molecule has 0 aliphatic carbocycles. The van der Waals surface area contributed by atoms with Gasteiger partial charge in [-0.25, -0.2) is 14.8 Å². The minimum absolute atomic E-state index is 0.331. The second-order valence-electron chi connectivity index (χ2n) is 4.00. The first-order valence-electron chi connectivity index (χ1n) is 5.78. The summed E-state index contributed by atoms with van der Waals surface area (Å²) < 4.78 is 7.74. The Morgan fingerprint density at radius 1 is 1.37 bits per heavy atom. The van der Waals surface area contributed by atoms with E-state index in [9.17, 15) is 4.79 Å². The molecule has 3 heterocycles. The Balaban J connectivity index is 2.24. The van der Waals surface area contributed by atoms with Crippen molar-refractivity contribution >= 4 is 38.6 Å². The topological polar surface area (TPSA) is 56.5 Å². The molecule has 0 saturated carbocycles. The molecule has 0 bridgehead atoms. The number of hydrogen-bond acceptors (Lipinski definition) is 4. The largest absolute Gasteiger partial charge is 0.462 e. The molecule has 6 heteroatoms. The first kappa shape index (κ1) is 12.1. The number of esters is 1. The van der Waals surface area contributed by atoms with E-state index in [1.54, 1.807) is 31.6 Å². The molecule has 0 spiro atoms. The minimum Gasteiger partial charge on any atom is -0.462 e. The Kier molecular flexibility index (Phi) is 2.94. The van der Waals surface area contributed by atoms with Crippen LogP contribution in [-0.4, -0.2) is 26.9 Å². The van der Waals surface area contributed by atoms with Crippen LogP contribution in [0.4, 0.5) is 0 Å². The van der Waals surface area contributed by atoms with Crippen LogP contribution in [0.15, 0.2) is 35.2 Å². The molecule has 0 aliphatic heterocycles. The molecule has 3 aromatic rings. The first-order chi connectivity index (χ1) is 9.19. The van der Waals surface area contributed by atoms with Gasteiger partial charge >= 0.3 is 5.97 Å². The Bertz CT molecular complexity index is 782. The summed E-state index contributed by atoms with van der Waals surface area (Å²) in [5.74, 6) is -0.331. The average Bonchev–Trinajstić information content (AvgIpc) is 2.83. The minimum atomic E-state index is -0.331. The zero-order valence-corrected chi connectivity index (χ0v) is 11.7. The number of pyridine rings is 1. The van der Waals surface area contributed by atoms with E-state index in [4.69, 9.17) is 4.74 Å². The van der Waals surface area contributed by atoms with Crippen molar-refractivity contribution in [2.24, 2.45) is 0 Å². The molecule has 0 amide bonds. The van der Waals surface area contributed by atoms with Crippen molar-refractivity contribution in [2.45, 2.75) is 6.92 Å². The summed E-state index contributed by atoms with van der Waals surface area (Å²) in [5.41, 5.74) is 2.80. The number of aromatic nitrogens is 3. The molecule has 3 rings (SSSR count). The predicted molar refractivity (Wildman–Crippen MR) is 74.1 cm³/mol. The molecule has 0 N–H and O–H groups in total. The van der Waals surface area contributed by atoms with E-state index in [2.05, 4.69) is 25.9 Å². The highest BCUT2D eigenvalue weighted by Gasteiger charge is 2.11. The molecule has 0 fully saturated rings. The SMILES string of the molecule is CCOC(=O)c1cc2cnc3ncc(Br)cc3n2c1. The molecule has 5 nitrogen and oxygen atoms in total. The fourth-order valence-electron chi connectivity index (χ4n) is 1.94. The number of carbonyl (C=O) groups excluding carboxylic acids is 1. The van der Waals surface area contributed by atoms with Gasteiger partial charge in [-0.15, -0.1) is 0 Å². The zero-order chi connectivity index (χ0) is 13.4. The Labute approximate surface area is 117 Å². The van der Waals surface area contributed by atoms with Crippen LogP contribution in [0.2, 0.25) is 0 Å². The van der Waals surface area contributed by atoms with E-state index in [-0.39, 0.29) is 5.97 Å². The Morgan fingerprint density at radius 3 is 2.95 bits per heavy atom. The van der Waals surface area contributed by atoms with Crippen molar-refractivity contribution in [1.82, 2.24) is 14.4 Å². The van der Waals surface area contributed by atoms with Gasteiger partial charge in [0.1, 0.15) is 0 Å². The van der Waals surface area contributed by atoms with Crippen LogP contribution in [0.1, 0.15) is 17.3 Å². The second-order valence-corrected chi connectivity index (χ2v) is 4.91. The smallest absolute Gasteiger partial charge is 0.339 e. The van der Waals surface area contributed by atoms with Crippen molar-refractivity contribution < 1.29 is 9.53 Å². The molecule has 0 saturated heterocycles. The van der Waals surface area contributed by atoms with Crippen LogP contribution in [0.3, 0.4) is 0 Å². The lowest BCUT2D eigenvalue weighted by atomic mass is 10.3. The summed E-state index contributed by atoms with van der Waals surface area (Å²) in [4.78, 5) is 20.2. The highest BCUT2D eigenvalue weighted by atomic mass is 79.9. The van der Waals surface area contributed by atoms with Gasteiger partial charge in [0.05, 0.1) is 29.4 Å². The maximum atomic E-state index is 11.7. The lowest BCUT2D eigenvalue weighted by Crippen LogP contribution is -2.02. The summed E-state index contributed by atoms with van der Waals surface area (Å²) in [5, 5.41) is 0.